The highest BCUT2D eigenvalue weighted by Crippen LogP contribution is 2.33. The van der Waals surface area contributed by atoms with Gasteiger partial charge in [-0.1, -0.05) is 29.8 Å². The Hall–Kier alpha value is -4.46. The standard InChI is InChI=1S/C29H29N3O5/c1-18-10-19(2)27-22(11-18)13-23(28(33)31-27)16-32(15-21-6-9-25-26(12-21)37-17-36-25)29(34)30-14-20-4-7-24(35-3)8-5-20/h4-13H,14-17H2,1-3H3,(H,30,34)(H,31,33). The summed E-state index contributed by atoms with van der Waals surface area (Å²) in [4.78, 5) is 31.0. The van der Waals surface area contributed by atoms with E-state index in [-0.39, 0.29) is 31.5 Å². The zero-order chi connectivity index (χ0) is 25.9. The van der Waals surface area contributed by atoms with Crippen LogP contribution >= 0.6 is 0 Å². The van der Waals surface area contributed by atoms with Crippen LogP contribution in [0.4, 0.5) is 4.79 Å². The van der Waals surface area contributed by atoms with Crippen LogP contribution in [0.5, 0.6) is 17.2 Å². The van der Waals surface area contributed by atoms with Crippen molar-refractivity contribution < 1.29 is 19.0 Å². The van der Waals surface area contributed by atoms with Crippen molar-refractivity contribution in [2.24, 2.45) is 0 Å². The summed E-state index contributed by atoms with van der Waals surface area (Å²) < 4.78 is 16.1. The minimum Gasteiger partial charge on any atom is -0.497 e. The molecule has 3 aromatic carbocycles. The summed E-state index contributed by atoms with van der Waals surface area (Å²) in [5.74, 6) is 2.07. The van der Waals surface area contributed by atoms with E-state index in [0.29, 0.717) is 23.6 Å². The van der Waals surface area contributed by atoms with E-state index in [4.69, 9.17) is 14.2 Å². The predicted octanol–water partition coefficient (Wildman–Crippen LogP) is 4.79. The minimum atomic E-state index is -0.284. The monoisotopic (exact) mass is 499 g/mol. The number of carbonyl (C=O) groups excluding carboxylic acids is 1. The lowest BCUT2D eigenvalue weighted by Gasteiger charge is -2.23. The number of hydrogen-bond donors (Lipinski definition) is 2. The molecular weight excluding hydrogens is 470 g/mol. The molecule has 0 fully saturated rings. The number of H-pyrrole nitrogens is 1. The lowest BCUT2D eigenvalue weighted by atomic mass is 10.0. The molecule has 0 unspecified atom stereocenters. The second-order valence-corrected chi connectivity index (χ2v) is 9.22. The number of methoxy groups -OCH3 is 1. The maximum Gasteiger partial charge on any atom is 0.318 e. The molecule has 0 spiro atoms. The van der Waals surface area contributed by atoms with Crippen LogP contribution < -0.4 is 25.1 Å². The molecule has 4 aromatic rings. The summed E-state index contributed by atoms with van der Waals surface area (Å²) in [6.07, 6.45) is 0. The van der Waals surface area contributed by atoms with Crippen LogP contribution in [0.3, 0.4) is 0 Å². The van der Waals surface area contributed by atoms with Crippen molar-refractivity contribution in [2.45, 2.75) is 33.5 Å². The Balaban J connectivity index is 1.41. The van der Waals surface area contributed by atoms with Crippen molar-refractivity contribution in [2.75, 3.05) is 13.9 Å². The predicted molar refractivity (Wildman–Crippen MR) is 141 cm³/mol. The highest BCUT2D eigenvalue weighted by Gasteiger charge is 2.20. The summed E-state index contributed by atoms with van der Waals surface area (Å²) >= 11 is 0. The minimum absolute atomic E-state index is 0.140. The number of rotatable bonds is 7. The van der Waals surface area contributed by atoms with Crippen molar-refractivity contribution in [1.29, 1.82) is 0 Å². The molecule has 1 aliphatic heterocycles. The second kappa shape index (κ2) is 10.3. The van der Waals surface area contributed by atoms with E-state index in [0.717, 1.165) is 38.9 Å². The Morgan fingerprint density at radius 3 is 2.51 bits per heavy atom. The molecule has 5 rings (SSSR count). The molecule has 8 heteroatoms. The van der Waals surface area contributed by atoms with Gasteiger partial charge in [0.25, 0.3) is 5.56 Å². The van der Waals surface area contributed by atoms with Crippen LogP contribution in [0.1, 0.15) is 27.8 Å². The van der Waals surface area contributed by atoms with E-state index >= 15 is 0 Å². The molecule has 1 aliphatic rings. The number of urea groups is 1. The van der Waals surface area contributed by atoms with Crippen LogP contribution in [0.2, 0.25) is 0 Å². The first kappa shape index (κ1) is 24.2. The molecule has 0 saturated carbocycles. The third-order valence-electron chi connectivity index (χ3n) is 6.43. The molecule has 0 radical (unpaired) electrons. The molecule has 0 aliphatic carbocycles. The van der Waals surface area contributed by atoms with Gasteiger partial charge in [-0.15, -0.1) is 0 Å². The van der Waals surface area contributed by atoms with Crippen LogP contribution in [-0.2, 0) is 19.6 Å². The quantitative estimate of drug-likeness (QED) is 0.381. The van der Waals surface area contributed by atoms with E-state index in [2.05, 4.69) is 10.3 Å². The Morgan fingerprint density at radius 1 is 0.973 bits per heavy atom. The van der Waals surface area contributed by atoms with Gasteiger partial charge in [-0.05, 0) is 72.3 Å². The van der Waals surface area contributed by atoms with Gasteiger partial charge in [0.05, 0.1) is 19.2 Å². The Morgan fingerprint density at radius 2 is 1.73 bits per heavy atom. The molecule has 2 amide bonds. The Bertz CT molecular complexity index is 1510. The molecule has 8 nitrogen and oxygen atoms in total. The van der Waals surface area contributed by atoms with Gasteiger partial charge in [0.1, 0.15) is 5.75 Å². The number of aryl methyl sites for hydroxylation is 2. The molecule has 0 bridgehead atoms. The highest BCUT2D eigenvalue weighted by molar-refractivity contribution is 5.83. The van der Waals surface area contributed by atoms with Gasteiger partial charge >= 0.3 is 6.03 Å². The zero-order valence-electron chi connectivity index (χ0n) is 21.1. The van der Waals surface area contributed by atoms with E-state index in [1.165, 1.54) is 0 Å². The van der Waals surface area contributed by atoms with Gasteiger partial charge in [0, 0.05) is 18.7 Å². The number of nitrogens with one attached hydrogen (secondary N) is 2. The smallest absolute Gasteiger partial charge is 0.318 e. The topological polar surface area (TPSA) is 92.9 Å². The van der Waals surface area contributed by atoms with E-state index < -0.39 is 0 Å². The molecule has 0 saturated heterocycles. The largest absolute Gasteiger partial charge is 0.497 e. The third-order valence-corrected chi connectivity index (χ3v) is 6.43. The normalized spacial score (nSPS) is 12.0. The second-order valence-electron chi connectivity index (χ2n) is 9.22. The van der Waals surface area contributed by atoms with Crippen molar-refractivity contribution >= 4 is 16.9 Å². The van der Waals surface area contributed by atoms with Gasteiger partial charge in [-0.2, -0.15) is 0 Å². The number of nitrogens with zero attached hydrogens (tertiary/aromatic N) is 1. The third kappa shape index (κ3) is 5.38. The van der Waals surface area contributed by atoms with Crippen LogP contribution in [0.25, 0.3) is 10.9 Å². The lowest BCUT2D eigenvalue weighted by molar-refractivity contribution is 0.173. The molecule has 190 valence electrons. The number of pyridine rings is 1. The number of aromatic amines is 1. The van der Waals surface area contributed by atoms with E-state index in [1.54, 1.807) is 12.0 Å². The van der Waals surface area contributed by atoms with Gasteiger partial charge in [0.15, 0.2) is 11.5 Å². The van der Waals surface area contributed by atoms with Crippen molar-refractivity contribution in [1.82, 2.24) is 15.2 Å². The fourth-order valence-corrected chi connectivity index (χ4v) is 4.55. The van der Waals surface area contributed by atoms with Crippen molar-refractivity contribution in [3.63, 3.8) is 0 Å². The summed E-state index contributed by atoms with van der Waals surface area (Å²) in [7, 11) is 1.61. The number of benzene rings is 3. The average Bonchev–Trinajstić information content (AvgIpc) is 3.36. The zero-order valence-corrected chi connectivity index (χ0v) is 21.1. The molecule has 1 aromatic heterocycles. The summed E-state index contributed by atoms with van der Waals surface area (Å²) in [5, 5.41) is 3.92. The first-order valence-corrected chi connectivity index (χ1v) is 12.1. The summed E-state index contributed by atoms with van der Waals surface area (Å²) in [6, 6.07) is 18.8. The Labute approximate surface area is 214 Å². The van der Waals surface area contributed by atoms with E-state index in [9.17, 15) is 9.59 Å². The highest BCUT2D eigenvalue weighted by atomic mass is 16.7. The number of hydrogen-bond acceptors (Lipinski definition) is 5. The summed E-state index contributed by atoms with van der Waals surface area (Å²) in [6.45, 7) is 4.94. The number of fused-ring (bicyclic) bond motifs is 2. The fraction of sp³-hybridized carbons (Fsp3) is 0.241. The number of carbonyl (C=O) groups is 1. The first-order chi connectivity index (χ1) is 17.9. The fourth-order valence-electron chi connectivity index (χ4n) is 4.55. The van der Waals surface area contributed by atoms with Gasteiger partial charge in [0.2, 0.25) is 6.79 Å². The lowest BCUT2D eigenvalue weighted by Crippen LogP contribution is -2.39. The molecule has 2 heterocycles. The maximum absolute atomic E-state index is 13.4. The van der Waals surface area contributed by atoms with E-state index in [1.807, 2.05) is 74.5 Å². The summed E-state index contributed by atoms with van der Waals surface area (Å²) in [5.41, 5.74) is 5.03. The van der Waals surface area contributed by atoms with Crippen molar-refractivity contribution in [3.8, 4) is 17.2 Å². The Kier molecular flexibility index (Phi) is 6.72. The van der Waals surface area contributed by atoms with Gasteiger partial charge in [-0.25, -0.2) is 4.79 Å². The first-order valence-electron chi connectivity index (χ1n) is 12.1. The van der Waals surface area contributed by atoms with Gasteiger partial charge in [-0.3, -0.25) is 4.79 Å². The average molecular weight is 500 g/mol. The van der Waals surface area contributed by atoms with Crippen LogP contribution in [0.15, 0.2) is 65.5 Å². The molecule has 2 N–H and O–H groups in total. The molecule has 37 heavy (non-hydrogen) atoms. The number of amides is 2. The molecular formula is C29H29N3O5. The SMILES string of the molecule is COc1ccc(CNC(=O)N(Cc2ccc3c(c2)OCO3)Cc2cc3cc(C)cc(C)c3[nH]c2=O)cc1. The number of ether oxygens (including phenoxy) is 3. The van der Waals surface area contributed by atoms with Crippen molar-refractivity contribution in [3.05, 3.63) is 98.8 Å². The van der Waals surface area contributed by atoms with Crippen LogP contribution in [-0.4, -0.2) is 29.8 Å². The number of aromatic nitrogens is 1. The van der Waals surface area contributed by atoms with Gasteiger partial charge < -0.3 is 29.4 Å². The molecule has 0 atom stereocenters. The maximum atomic E-state index is 13.4. The van der Waals surface area contributed by atoms with Crippen LogP contribution in [0, 0.1) is 13.8 Å².